The van der Waals surface area contributed by atoms with Gasteiger partial charge in [0.15, 0.2) is 4.58 Å². The maximum absolute atomic E-state index is 13.3. The van der Waals surface area contributed by atoms with Crippen LogP contribution in [0.25, 0.3) is 0 Å². The molecular formula is C7H5Br2FO. The lowest BCUT2D eigenvalue weighted by Crippen LogP contribution is -2.27. The number of hydrogen-bond acceptors (Lipinski definition) is 1. The summed E-state index contributed by atoms with van der Waals surface area (Å²) < 4.78 is 12.1. The highest BCUT2D eigenvalue weighted by Gasteiger charge is 2.37. The lowest BCUT2D eigenvalue weighted by Gasteiger charge is -2.23. The highest BCUT2D eigenvalue weighted by Crippen LogP contribution is 2.39. The Hall–Kier alpha value is 0.0400. The molecule has 0 bridgehead atoms. The molecule has 0 saturated heterocycles. The first-order valence-corrected chi connectivity index (χ1v) is 4.54. The molecule has 0 spiro atoms. The molecule has 1 aliphatic carbocycles. The Labute approximate surface area is 80.6 Å². The van der Waals surface area contributed by atoms with E-state index in [4.69, 9.17) is 0 Å². The van der Waals surface area contributed by atoms with Gasteiger partial charge >= 0.3 is 0 Å². The summed E-state index contributed by atoms with van der Waals surface area (Å²) in [6.45, 7) is 0. The van der Waals surface area contributed by atoms with E-state index in [2.05, 4.69) is 31.9 Å². The molecule has 60 valence electrons. The first-order valence-electron chi connectivity index (χ1n) is 2.96. The van der Waals surface area contributed by atoms with Crippen LogP contribution in [0.4, 0.5) is 4.39 Å². The zero-order valence-electron chi connectivity index (χ0n) is 5.43. The van der Waals surface area contributed by atoms with Crippen molar-refractivity contribution in [3.8, 4) is 0 Å². The molecule has 0 radical (unpaired) electrons. The van der Waals surface area contributed by atoms with Gasteiger partial charge in [0.2, 0.25) is 0 Å². The highest BCUT2D eigenvalue weighted by molar-refractivity contribution is 9.12. The molecule has 0 aromatic carbocycles. The van der Waals surface area contributed by atoms with E-state index in [9.17, 15) is 9.18 Å². The summed E-state index contributed by atoms with van der Waals surface area (Å²) >= 11 is 5.90. The molecule has 0 heterocycles. The summed E-state index contributed by atoms with van der Waals surface area (Å²) in [5, 5.41) is 0. The van der Waals surface area contributed by atoms with Gasteiger partial charge in [0.1, 0.15) is 6.29 Å². The van der Waals surface area contributed by atoms with Crippen molar-refractivity contribution >= 4 is 38.1 Å². The third kappa shape index (κ3) is 1.79. The van der Waals surface area contributed by atoms with Gasteiger partial charge in [-0.05, 0) is 22.0 Å². The van der Waals surface area contributed by atoms with Crippen LogP contribution in [0.5, 0.6) is 0 Å². The van der Waals surface area contributed by atoms with E-state index in [-0.39, 0.29) is 0 Å². The lowest BCUT2D eigenvalue weighted by atomic mass is 10.0. The van der Waals surface area contributed by atoms with Crippen LogP contribution in [0.2, 0.25) is 0 Å². The summed E-state index contributed by atoms with van der Waals surface area (Å²) in [5.41, 5.74) is 0. The van der Waals surface area contributed by atoms with E-state index in [1.807, 2.05) is 0 Å². The van der Waals surface area contributed by atoms with E-state index in [1.54, 1.807) is 12.2 Å². The molecule has 0 fully saturated rings. The minimum absolute atomic E-state index is 0.550. The molecule has 0 aliphatic heterocycles. The van der Waals surface area contributed by atoms with E-state index >= 15 is 0 Å². The molecule has 0 amide bonds. The van der Waals surface area contributed by atoms with Crippen LogP contribution in [0, 0.1) is 5.92 Å². The van der Waals surface area contributed by atoms with Gasteiger partial charge in [-0.3, -0.25) is 0 Å². The number of allylic oxidation sites excluding steroid dienone is 4. The predicted octanol–water partition coefficient (Wildman–Crippen LogP) is 2.71. The lowest BCUT2D eigenvalue weighted by molar-refractivity contribution is -0.111. The fraction of sp³-hybridized carbons (Fsp3) is 0.286. The minimum atomic E-state index is -1.73. The molecule has 0 aromatic heterocycles. The van der Waals surface area contributed by atoms with Gasteiger partial charge in [-0.1, -0.05) is 28.1 Å². The Kier molecular flexibility index (Phi) is 2.65. The molecule has 1 aliphatic rings. The average Bonchev–Trinajstić information content (AvgIpc) is 1.86. The second-order valence-electron chi connectivity index (χ2n) is 2.20. The Balaban J connectivity index is 2.97. The van der Waals surface area contributed by atoms with Crippen LogP contribution in [0.15, 0.2) is 22.7 Å². The maximum atomic E-state index is 13.3. The van der Waals surface area contributed by atoms with Crippen LogP contribution < -0.4 is 0 Å². The largest absolute Gasteiger partial charge is 0.303 e. The SMILES string of the molecule is O=CC1C(Br)=CC=CC1(F)Br. The fourth-order valence-electron chi connectivity index (χ4n) is 0.815. The van der Waals surface area contributed by atoms with Crippen molar-refractivity contribution in [2.45, 2.75) is 4.58 Å². The maximum Gasteiger partial charge on any atom is 0.197 e. The monoisotopic (exact) mass is 282 g/mol. The van der Waals surface area contributed by atoms with Crippen molar-refractivity contribution in [2.75, 3.05) is 0 Å². The predicted molar refractivity (Wildman–Crippen MR) is 48.5 cm³/mol. The van der Waals surface area contributed by atoms with Crippen LogP contribution in [-0.2, 0) is 4.79 Å². The van der Waals surface area contributed by atoms with Gasteiger partial charge < -0.3 is 4.79 Å². The number of hydrogen-bond donors (Lipinski definition) is 0. The summed E-state index contributed by atoms with van der Waals surface area (Å²) in [7, 11) is 0. The smallest absolute Gasteiger partial charge is 0.197 e. The van der Waals surface area contributed by atoms with Gasteiger partial charge in [0, 0.05) is 4.48 Å². The molecule has 1 rings (SSSR count). The first kappa shape index (κ1) is 9.13. The zero-order valence-corrected chi connectivity index (χ0v) is 8.60. The van der Waals surface area contributed by atoms with Crippen LogP contribution in [-0.4, -0.2) is 10.9 Å². The van der Waals surface area contributed by atoms with E-state index in [0.717, 1.165) is 0 Å². The Morgan fingerprint density at radius 3 is 2.73 bits per heavy atom. The molecule has 11 heavy (non-hydrogen) atoms. The number of aldehydes is 1. The van der Waals surface area contributed by atoms with E-state index in [1.165, 1.54) is 6.08 Å². The molecule has 4 heteroatoms. The Bertz CT molecular complexity index is 233. The first-order chi connectivity index (χ1) is 5.08. The number of alkyl halides is 2. The summed E-state index contributed by atoms with van der Waals surface area (Å²) in [5.74, 6) is -0.771. The quantitative estimate of drug-likeness (QED) is 0.534. The second kappa shape index (κ2) is 3.19. The molecule has 1 nitrogen and oxygen atoms in total. The van der Waals surface area contributed by atoms with Crippen molar-refractivity contribution in [1.82, 2.24) is 0 Å². The molecule has 0 saturated carbocycles. The normalized spacial score (nSPS) is 36.6. The fourth-order valence-corrected chi connectivity index (χ4v) is 2.22. The van der Waals surface area contributed by atoms with Crippen molar-refractivity contribution in [1.29, 1.82) is 0 Å². The Morgan fingerprint density at radius 2 is 2.36 bits per heavy atom. The van der Waals surface area contributed by atoms with Crippen LogP contribution in [0.1, 0.15) is 0 Å². The van der Waals surface area contributed by atoms with Gasteiger partial charge in [0.25, 0.3) is 0 Å². The third-order valence-electron chi connectivity index (χ3n) is 1.42. The van der Waals surface area contributed by atoms with E-state index < -0.39 is 10.5 Å². The highest BCUT2D eigenvalue weighted by atomic mass is 79.9. The standard InChI is InChI=1S/C7H5Br2FO/c8-6-2-1-3-7(9,10)5(6)4-11/h1-5H. The molecule has 2 atom stereocenters. The van der Waals surface area contributed by atoms with Crippen molar-refractivity contribution in [3.63, 3.8) is 0 Å². The number of halogens is 3. The van der Waals surface area contributed by atoms with Gasteiger partial charge in [-0.2, -0.15) is 0 Å². The number of carbonyl (C=O) groups is 1. The number of carbonyl (C=O) groups excluding carboxylic acids is 1. The van der Waals surface area contributed by atoms with Crippen molar-refractivity contribution in [3.05, 3.63) is 22.7 Å². The molecule has 0 N–H and O–H groups in total. The number of rotatable bonds is 1. The third-order valence-corrected chi connectivity index (χ3v) is 2.94. The molecule has 0 aromatic rings. The zero-order chi connectivity index (χ0) is 8.48. The van der Waals surface area contributed by atoms with E-state index in [0.29, 0.717) is 10.8 Å². The van der Waals surface area contributed by atoms with Crippen molar-refractivity contribution in [2.24, 2.45) is 5.92 Å². The minimum Gasteiger partial charge on any atom is -0.303 e. The topological polar surface area (TPSA) is 17.1 Å². The summed E-state index contributed by atoms with van der Waals surface area (Å²) in [6, 6.07) is 0. The molecule has 2 unspecified atom stereocenters. The van der Waals surface area contributed by atoms with Gasteiger partial charge in [0.05, 0.1) is 5.92 Å². The second-order valence-corrected chi connectivity index (χ2v) is 4.33. The summed E-state index contributed by atoms with van der Waals surface area (Å²) in [6.07, 6.45) is 5.08. The van der Waals surface area contributed by atoms with Gasteiger partial charge in [-0.25, -0.2) is 4.39 Å². The Morgan fingerprint density at radius 1 is 1.73 bits per heavy atom. The van der Waals surface area contributed by atoms with Gasteiger partial charge in [-0.15, -0.1) is 0 Å². The van der Waals surface area contributed by atoms with Crippen LogP contribution >= 0.6 is 31.9 Å². The molecular weight excluding hydrogens is 279 g/mol. The van der Waals surface area contributed by atoms with Crippen LogP contribution in [0.3, 0.4) is 0 Å². The summed E-state index contributed by atoms with van der Waals surface area (Å²) in [4.78, 5) is 10.4. The van der Waals surface area contributed by atoms with Crippen molar-refractivity contribution < 1.29 is 9.18 Å². The average molecular weight is 284 g/mol.